The largest absolute Gasteiger partial charge is 0.465 e. The van der Waals surface area contributed by atoms with Gasteiger partial charge in [0.1, 0.15) is 6.04 Å². The molecule has 5 nitrogen and oxygen atoms in total. The summed E-state index contributed by atoms with van der Waals surface area (Å²) in [5, 5.41) is 5.40. The lowest BCUT2D eigenvalue weighted by Gasteiger charge is -2.12. The van der Waals surface area contributed by atoms with Crippen molar-refractivity contribution in [2.24, 2.45) is 0 Å². The molecule has 2 aromatic carbocycles. The first-order valence-corrected chi connectivity index (χ1v) is 7.95. The summed E-state index contributed by atoms with van der Waals surface area (Å²) in [4.78, 5) is 23.4. The van der Waals surface area contributed by atoms with Crippen LogP contribution in [0.1, 0.15) is 28.9 Å². The molecule has 3 N–H and O–H groups in total. The van der Waals surface area contributed by atoms with Crippen molar-refractivity contribution in [2.75, 3.05) is 19.0 Å². The molecule has 2 aromatic rings. The molecule has 1 amide bonds. The zero-order chi connectivity index (χ0) is 17.5. The standard InChI is InChI=1S/C18H19ClN2O3/c1-12(15-5-3-4-6-16(15)19)20-11-17(22)21-14-9-7-13(8-10-14)18(23)24-2/h3-10,12,20H,11H2,1-2H3,(H,21,22)/p+1/t12-/m1/s1. The molecule has 126 valence electrons. The summed E-state index contributed by atoms with van der Waals surface area (Å²) in [5.74, 6) is -0.533. The Morgan fingerprint density at radius 1 is 1.17 bits per heavy atom. The average molecular weight is 348 g/mol. The second kappa shape index (κ2) is 8.47. The molecule has 1 atom stereocenters. The van der Waals surface area contributed by atoms with Crippen LogP contribution in [0.15, 0.2) is 48.5 Å². The lowest BCUT2D eigenvalue weighted by molar-refractivity contribution is -0.682. The highest BCUT2D eigenvalue weighted by Crippen LogP contribution is 2.19. The maximum Gasteiger partial charge on any atom is 0.337 e. The van der Waals surface area contributed by atoms with Crippen molar-refractivity contribution in [3.63, 3.8) is 0 Å². The Kier molecular flexibility index (Phi) is 6.35. The van der Waals surface area contributed by atoms with Crippen molar-refractivity contribution >= 4 is 29.2 Å². The van der Waals surface area contributed by atoms with Crippen molar-refractivity contribution < 1.29 is 19.6 Å². The zero-order valence-corrected chi connectivity index (χ0v) is 14.3. The molecule has 0 spiro atoms. The van der Waals surface area contributed by atoms with Crippen LogP contribution in [0.5, 0.6) is 0 Å². The molecule has 0 fully saturated rings. The molecule has 0 aliphatic carbocycles. The number of halogens is 1. The van der Waals surface area contributed by atoms with E-state index in [-0.39, 0.29) is 18.5 Å². The highest BCUT2D eigenvalue weighted by Gasteiger charge is 2.14. The van der Waals surface area contributed by atoms with Crippen LogP contribution in [-0.4, -0.2) is 25.5 Å². The van der Waals surface area contributed by atoms with Crippen molar-refractivity contribution in [1.29, 1.82) is 0 Å². The van der Waals surface area contributed by atoms with Crippen LogP contribution in [-0.2, 0) is 9.53 Å². The molecule has 0 saturated carbocycles. The third-order valence-corrected chi connectivity index (χ3v) is 3.99. The molecule has 0 unspecified atom stereocenters. The third-order valence-electron chi connectivity index (χ3n) is 3.64. The van der Waals surface area contributed by atoms with Crippen molar-refractivity contribution in [1.82, 2.24) is 0 Å². The van der Waals surface area contributed by atoms with E-state index >= 15 is 0 Å². The summed E-state index contributed by atoms with van der Waals surface area (Å²) in [7, 11) is 1.33. The number of methoxy groups -OCH3 is 1. The van der Waals surface area contributed by atoms with Crippen LogP contribution >= 0.6 is 11.6 Å². The summed E-state index contributed by atoms with van der Waals surface area (Å²) in [6.07, 6.45) is 0. The Morgan fingerprint density at radius 2 is 1.83 bits per heavy atom. The minimum absolute atomic E-state index is 0.0751. The van der Waals surface area contributed by atoms with Crippen molar-refractivity contribution in [2.45, 2.75) is 13.0 Å². The SMILES string of the molecule is COC(=O)c1ccc(NC(=O)C[NH2+][C@H](C)c2ccccc2Cl)cc1. The van der Waals surface area contributed by atoms with E-state index in [1.807, 2.05) is 36.5 Å². The fourth-order valence-corrected chi connectivity index (χ4v) is 2.58. The number of nitrogens with one attached hydrogen (secondary N) is 1. The molecule has 0 aliphatic rings. The highest BCUT2D eigenvalue weighted by molar-refractivity contribution is 6.31. The van der Waals surface area contributed by atoms with Gasteiger partial charge in [0.05, 0.1) is 12.7 Å². The maximum atomic E-state index is 12.0. The van der Waals surface area contributed by atoms with Gasteiger partial charge >= 0.3 is 5.97 Å². The topological polar surface area (TPSA) is 72.0 Å². The van der Waals surface area contributed by atoms with Gasteiger partial charge in [0.25, 0.3) is 5.91 Å². The van der Waals surface area contributed by atoms with E-state index in [0.717, 1.165) is 5.56 Å². The van der Waals surface area contributed by atoms with Crippen LogP contribution in [0.25, 0.3) is 0 Å². The second-order valence-corrected chi connectivity index (χ2v) is 5.77. The predicted molar refractivity (Wildman–Crippen MR) is 93.1 cm³/mol. The van der Waals surface area contributed by atoms with Crippen LogP contribution < -0.4 is 10.6 Å². The number of carbonyl (C=O) groups is 2. The lowest BCUT2D eigenvalue weighted by Crippen LogP contribution is -2.86. The van der Waals surface area contributed by atoms with Gasteiger partial charge in [-0.05, 0) is 37.3 Å². The lowest BCUT2D eigenvalue weighted by atomic mass is 10.1. The minimum atomic E-state index is -0.408. The smallest absolute Gasteiger partial charge is 0.337 e. The summed E-state index contributed by atoms with van der Waals surface area (Å²) in [6.45, 7) is 2.27. The Balaban J connectivity index is 1.87. The summed E-state index contributed by atoms with van der Waals surface area (Å²) in [6, 6.07) is 14.2. The number of ether oxygens (including phenoxy) is 1. The van der Waals surface area contributed by atoms with Gasteiger partial charge in [-0.2, -0.15) is 0 Å². The first-order valence-electron chi connectivity index (χ1n) is 7.57. The van der Waals surface area contributed by atoms with Gasteiger partial charge in [-0.15, -0.1) is 0 Å². The Bertz CT molecular complexity index is 716. The van der Waals surface area contributed by atoms with Crippen LogP contribution in [0, 0.1) is 0 Å². The second-order valence-electron chi connectivity index (χ2n) is 5.37. The quantitative estimate of drug-likeness (QED) is 0.788. The first-order chi connectivity index (χ1) is 11.5. The number of anilines is 1. The average Bonchev–Trinajstić information content (AvgIpc) is 2.60. The van der Waals surface area contributed by atoms with Crippen LogP contribution in [0.3, 0.4) is 0 Å². The number of carbonyl (C=O) groups excluding carboxylic acids is 2. The molecule has 0 aromatic heterocycles. The summed E-state index contributed by atoms with van der Waals surface area (Å²) in [5.41, 5.74) is 2.07. The first kappa shape index (κ1) is 18.0. The van der Waals surface area contributed by atoms with Gasteiger partial charge in [0, 0.05) is 16.3 Å². The number of hydrogen-bond donors (Lipinski definition) is 2. The maximum absolute atomic E-state index is 12.0. The van der Waals surface area contributed by atoms with E-state index in [1.165, 1.54) is 7.11 Å². The van der Waals surface area contributed by atoms with E-state index in [4.69, 9.17) is 11.6 Å². The van der Waals surface area contributed by atoms with Gasteiger partial charge < -0.3 is 15.4 Å². The molecule has 0 aliphatic heterocycles. The number of hydrogen-bond acceptors (Lipinski definition) is 3. The van der Waals surface area contributed by atoms with E-state index in [1.54, 1.807) is 24.3 Å². The molecule has 0 radical (unpaired) electrons. The number of esters is 1. The van der Waals surface area contributed by atoms with Gasteiger partial charge in [0.15, 0.2) is 6.54 Å². The number of amides is 1. The van der Waals surface area contributed by atoms with E-state index in [0.29, 0.717) is 16.3 Å². The molecular formula is C18H20ClN2O3+. The van der Waals surface area contributed by atoms with E-state index < -0.39 is 5.97 Å². The molecule has 0 bridgehead atoms. The molecule has 6 heteroatoms. The zero-order valence-electron chi connectivity index (χ0n) is 13.6. The molecule has 0 saturated heterocycles. The minimum Gasteiger partial charge on any atom is -0.465 e. The Hall–Kier alpha value is -2.37. The van der Waals surface area contributed by atoms with Gasteiger partial charge in [-0.3, -0.25) is 4.79 Å². The Labute approximate surface area is 146 Å². The monoisotopic (exact) mass is 347 g/mol. The van der Waals surface area contributed by atoms with Crippen molar-refractivity contribution in [3.8, 4) is 0 Å². The van der Waals surface area contributed by atoms with Gasteiger partial charge in [-0.25, -0.2) is 4.79 Å². The fourth-order valence-electron chi connectivity index (χ4n) is 2.27. The number of benzene rings is 2. The van der Waals surface area contributed by atoms with Crippen molar-refractivity contribution in [3.05, 3.63) is 64.7 Å². The van der Waals surface area contributed by atoms with Crippen LogP contribution in [0.4, 0.5) is 5.69 Å². The predicted octanol–water partition coefficient (Wildman–Crippen LogP) is 2.39. The molecule has 24 heavy (non-hydrogen) atoms. The molecule has 2 rings (SSSR count). The number of rotatable bonds is 6. The van der Waals surface area contributed by atoms with Gasteiger partial charge in [0.2, 0.25) is 0 Å². The summed E-state index contributed by atoms with van der Waals surface area (Å²) >= 11 is 6.16. The Morgan fingerprint density at radius 3 is 2.46 bits per heavy atom. The van der Waals surface area contributed by atoms with Crippen LogP contribution in [0.2, 0.25) is 5.02 Å². The normalized spacial score (nSPS) is 11.6. The van der Waals surface area contributed by atoms with E-state index in [9.17, 15) is 9.59 Å². The highest BCUT2D eigenvalue weighted by atomic mass is 35.5. The fraction of sp³-hybridized carbons (Fsp3) is 0.222. The summed E-state index contributed by atoms with van der Waals surface area (Å²) < 4.78 is 4.63. The number of quaternary nitrogens is 1. The number of nitrogens with two attached hydrogens (primary N) is 1. The van der Waals surface area contributed by atoms with E-state index in [2.05, 4.69) is 10.1 Å². The van der Waals surface area contributed by atoms with Gasteiger partial charge in [-0.1, -0.05) is 29.8 Å². The molecule has 0 heterocycles. The molecular weight excluding hydrogens is 328 g/mol. The third kappa shape index (κ3) is 4.81.